The van der Waals surface area contributed by atoms with Gasteiger partial charge in [0.15, 0.2) is 5.11 Å². The van der Waals surface area contributed by atoms with Crippen LogP contribution in [0.15, 0.2) is 24.3 Å². The fourth-order valence-electron chi connectivity index (χ4n) is 1.17. The molecule has 0 aliphatic rings. The molecule has 0 spiro atoms. The fourth-order valence-corrected chi connectivity index (χ4v) is 1.65. The molecule has 0 amide bonds. The Labute approximate surface area is 94.7 Å². The maximum atomic E-state index is 6.04. The summed E-state index contributed by atoms with van der Waals surface area (Å²) in [5, 5.41) is 7.36. The van der Waals surface area contributed by atoms with E-state index in [0.29, 0.717) is 5.11 Å². The van der Waals surface area contributed by atoms with Crippen molar-refractivity contribution in [1.29, 1.82) is 0 Å². The van der Waals surface area contributed by atoms with Crippen LogP contribution in [-0.4, -0.2) is 12.2 Å². The van der Waals surface area contributed by atoms with E-state index in [-0.39, 0.29) is 6.04 Å². The van der Waals surface area contributed by atoms with Crippen molar-refractivity contribution in [2.24, 2.45) is 0 Å². The van der Waals surface area contributed by atoms with E-state index in [4.69, 9.17) is 23.8 Å². The first-order valence-electron chi connectivity index (χ1n) is 4.38. The molecule has 2 nitrogen and oxygen atoms in total. The molecule has 4 heteroatoms. The first-order valence-corrected chi connectivity index (χ1v) is 5.16. The monoisotopic (exact) mass is 228 g/mol. The Bertz CT molecular complexity index is 328. The van der Waals surface area contributed by atoms with Crippen molar-refractivity contribution in [2.75, 3.05) is 7.05 Å². The van der Waals surface area contributed by atoms with Crippen molar-refractivity contribution >= 4 is 28.9 Å². The Morgan fingerprint density at radius 2 is 2.07 bits per heavy atom. The second kappa shape index (κ2) is 5.17. The van der Waals surface area contributed by atoms with Gasteiger partial charge in [0, 0.05) is 12.1 Å². The lowest BCUT2D eigenvalue weighted by Crippen LogP contribution is -2.34. The Kier molecular flexibility index (Phi) is 4.17. The van der Waals surface area contributed by atoms with Crippen LogP contribution in [0.4, 0.5) is 0 Å². The van der Waals surface area contributed by atoms with Crippen molar-refractivity contribution < 1.29 is 0 Å². The quantitative estimate of drug-likeness (QED) is 0.761. The summed E-state index contributed by atoms with van der Waals surface area (Å²) >= 11 is 11.1. The molecular formula is C10H13ClN2S. The van der Waals surface area contributed by atoms with Crippen molar-refractivity contribution in [1.82, 2.24) is 10.6 Å². The van der Waals surface area contributed by atoms with Crippen LogP contribution < -0.4 is 10.6 Å². The Morgan fingerprint density at radius 3 is 2.64 bits per heavy atom. The highest BCUT2D eigenvalue weighted by Crippen LogP contribution is 2.21. The summed E-state index contributed by atoms with van der Waals surface area (Å²) in [6, 6.07) is 7.84. The predicted molar refractivity (Wildman–Crippen MR) is 64.7 cm³/mol. The number of hydrogen-bond acceptors (Lipinski definition) is 1. The second-order valence-corrected chi connectivity index (χ2v) is 3.78. The van der Waals surface area contributed by atoms with Gasteiger partial charge in [-0.1, -0.05) is 29.8 Å². The highest BCUT2D eigenvalue weighted by molar-refractivity contribution is 7.80. The minimum absolute atomic E-state index is 0.114. The standard InChI is InChI=1S/C10H13ClN2S/c1-7(13-10(14)12-2)8-5-3-4-6-9(8)11/h3-7H,1-2H3,(H2,12,13,14). The van der Waals surface area contributed by atoms with E-state index in [9.17, 15) is 0 Å². The van der Waals surface area contributed by atoms with Gasteiger partial charge >= 0.3 is 0 Å². The average molecular weight is 229 g/mol. The van der Waals surface area contributed by atoms with Gasteiger partial charge in [0.05, 0.1) is 6.04 Å². The third-order valence-corrected chi connectivity index (χ3v) is 2.61. The van der Waals surface area contributed by atoms with E-state index in [2.05, 4.69) is 10.6 Å². The van der Waals surface area contributed by atoms with E-state index in [1.165, 1.54) is 0 Å². The first-order chi connectivity index (χ1) is 6.65. The first kappa shape index (κ1) is 11.3. The largest absolute Gasteiger partial charge is 0.366 e. The fraction of sp³-hybridized carbons (Fsp3) is 0.300. The normalized spacial score (nSPS) is 11.9. The van der Waals surface area contributed by atoms with Gasteiger partial charge in [-0.15, -0.1) is 0 Å². The highest BCUT2D eigenvalue weighted by atomic mass is 35.5. The molecule has 1 aromatic rings. The molecule has 0 saturated carbocycles. The number of nitrogens with one attached hydrogen (secondary N) is 2. The summed E-state index contributed by atoms with van der Waals surface area (Å²) in [6.07, 6.45) is 0. The smallest absolute Gasteiger partial charge is 0.166 e. The van der Waals surface area contributed by atoms with E-state index in [1.807, 2.05) is 31.2 Å². The van der Waals surface area contributed by atoms with Gasteiger partial charge < -0.3 is 10.6 Å². The van der Waals surface area contributed by atoms with Gasteiger partial charge in [0.25, 0.3) is 0 Å². The maximum absolute atomic E-state index is 6.04. The SMILES string of the molecule is CNC(=S)NC(C)c1ccccc1Cl. The van der Waals surface area contributed by atoms with Gasteiger partial charge in [-0.05, 0) is 30.8 Å². The van der Waals surface area contributed by atoms with Crippen LogP contribution in [0, 0.1) is 0 Å². The number of rotatable bonds is 2. The van der Waals surface area contributed by atoms with Gasteiger partial charge in [-0.3, -0.25) is 0 Å². The lowest BCUT2D eigenvalue weighted by Gasteiger charge is -2.16. The molecule has 0 aromatic heterocycles. The minimum atomic E-state index is 0.114. The minimum Gasteiger partial charge on any atom is -0.366 e. The molecule has 0 saturated heterocycles. The van der Waals surface area contributed by atoms with Crippen molar-refractivity contribution in [3.63, 3.8) is 0 Å². The Balaban J connectivity index is 2.74. The van der Waals surface area contributed by atoms with Crippen LogP contribution in [0.1, 0.15) is 18.5 Å². The van der Waals surface area contributed by atoms with Crippen LogP contribution >= 0.6 is 23.8 Å². The maximum Gasteiger partial charge on any atom is 0.166 e. The number of benzene rings is 1. The van der Waals surface area contributed by atoms with Crippen LogP contribution in [0.3, 0.4) is 0 Å². The summed E-state index contributed by atoms with van der Waals surface area (Å²) < 4.78 is 0. The zero-order valence-corrected chi connectivity index (χ0v) is 9.75. The second-order valence-electron chi connectivity index (χ2n) is 2.97. The molecule has 1 atom stereocenters. The van der Waals surface area contributed by atoms with Crippen LogP contribution in [-0.2, 0) is 0 Å². The van der Waals surface area contributed by atoms with Crippen molar-refractivity contribution in [2.45, 2.75) is 13.0 Å². The third-order valence-electron chi connectivity index (χ3n) is 1.95. The summed E-state index contributed by atoms with van der Waals surface area (Å²) in [5.41, 5.74) is 1.05. The summed E-state index contributed by atoms with van der Waals surface area (Å²) in [5.74, 6) is 0. The number of halogens is 1. The Morgan fingerprint density at radius 1 is 1.43 bits per heavy atom. The summed E-state index contributed by atoms with van der Waals surface area (Å²) in [6.45, 7) is 2.02. The van der Waals surface area contributed by atoms with Gasteiger partial charge in [-0.2, -0.15) is 0 Å². The molecule has 0 heterocycles. The number of hydrogen-bond donors (Lipinski definition) is 2. The van der Waals surface area contributed by atoms with Crippen LogP contribution in [0.5, 0.6) is 0 Å². The predicted octanol–water partition coefficient (Wildman–Crippen LogP) is 2.49. The molecule has 0 aliphatic carbocycles. The third kappa shape index (κ3) is 2.86. The van der Waals surface area contributed by atoms with E-state index >= 15 is 0 Å². The molecule has 0 bridgehead atoms. The molecule has 0 aliphatic heterocycles. The molecule has 1 rings (SSSR count). The molecule has 2 N–H and O–H groups in total. The van der Waals surface area contributed by atoms with E-state index in [1.54, 1.807) is 7.05 Å². The summed E-state index contributed by atoms with van der Waals surface area (Å²) in [4.78, 5) is 0. The van der Waals surface area contributed by atoms with Gasteiger partial charge in [0.2, 0.25) is 0 Å². The van der Waals surface area contributed by atoms with Crippen molar-refractivity contribution in [3.8, 4) is 0 Å². The molecule has 1 aromatic carbocycles. The van der Waals surface area contributed by atoms with Crippen molar-refractivity contribution in [3.05, 3.63) is 34.9 Å². The van der Waals surface area contributed by atoms with Gasteiger partial charge in [0.1, 0.15) is 0 Å². The topological polar surface area (TPSA) is 24.1 Å². The molecule has 1 unspecified atom stereocenters. The number of thiocarbonyl (C=S) groups is 1. The van der Waals surface area contributed by atoms with Crippen LogP contribution in [0.2, 0.25) is 5.02 Å². The van der Waals surface area contributed by atoms with Gasteiger partial charge in [-0.25, -0.2) is 0 Å². The molecule has 0 fully saturated rings. The molecule has 14 heavy (non-hydrogen) atoms. The average Bonchev–Trinajstić information content (AvgIpc) is 2.18. The summed E-state index contributed by atoms with van der Waals surface area (Å²) in [7, 11) is 1.79. The molecular weight excluding hydrogens is 216 g/mol. The zero-order chi connectivity index (χ0) is 10.6. The zero-order valence-electron chi connectivity index (χ0n) is 8.17. The van der Waals surface area contributed by atoms with Crippen LogP contribution in [0.25, 0.3) is 0 Å². The molecule has 0 radical (unpaired) electrons. The van der Waals surface area contributed by atoms with E-state index in [0.717, 1.165) is 10.6 Å². The lowest BCUT2D eigenvalue weighted by atomic mass is 10.1. The Hall–Kier alpha value is -0.800. The van der Waals surface area contributed by atoms with E-state index < -0.39 is 0 Å². The molecule has 76 valence electrons. The lowest BCUT2D eigenvalue weighted by molar-refractivity contribution is 0.710. The highest BCUT2D eigenvalue weighted by Gasteiger charge is 2.08.